The average molecular weight is 322 g/mol. The summed E-state index contributed by atoms with van der Waals surface area (Å²) in [6, 6.07) is 6.57. The van der Waals surface area contributed by atoms with E-state index < -0.39 is 11.3 Å². The molecule has 0 aromatic heterocycles. The van der Waals surface area contributed by atoms with Crippen molar-refractivity contribution in [1.29, 1.82) is 0 Å². The van der Waals surface area contributed by atoms with E-state index in [9.17, 15) is 14.4 Å². The lowest BCUT2D eigenvalue weighted by Gasteiger charge is -2.28. The Morgan fingerprint density at radius 2 is 1.95 bits per heavy atom. The van der Waals surface area contributed by atoms with Gasteiger partial charge >= 0.3 is 0 Å². The zero-order valence-electron chi connectivity index (χ0n) is 12.8. The maximum Gasteiger partial charge on any atom is 0.238 e. The highest BCUT2D eigenvalue weighted by Gasteiger charge is 2.48. The quantitative estimate of drug-likeness (QED) is 0.594. The van der Waals surface area contributed by atoms with Crippen LogP contribution in [0.4, 0.5) is 5.69 Å². The van der Waals surface area contributed by atoms with Crippen molar-refractivity contribution >= 4 is 35.4 Å². The number of carbonyl (C=O) groups excluding carboxylic acids is 3. The summed E-state index contributed by atoms with van der Waals surface area (Å²) >= 11 is 5.84. The molecular weight excluding hydrogens is 302 g/mol. The first-order valence-corrected chi connectivity index (χ1v) is 7.89. The number of hydrogen-bond donors (Lipinski definition) is 0. The second-order valence-electron chi connectivity index (χ2n) is 6.03. The van der Waals surface area contributed by atoms with E-state index in [2.05, 4.69) is 0 Å². The topological polar surface area (TPSA) is 54.5 Å². The Labute approximate surface area is 135 Å². The van der Waals surface area contributed by atoms with Crippen LogP contribution in [-0.2, 0) is 14.4 Å². The summed E-state index contributed by atoms with van der Waals surface area (Å²) in [5.41, 5.74) is -0.283. The molecule has 2 atom stereocenters. The molecule has 4 nitrogen and oxygen atoms in total. The molecule has 0 spiro atoms. The molecule has 0 aliphatic carbocycles. The minimum atomic E-state index is -0.788. The van der Waals surface area contributed by atoms with Crippen molar-refractivity contribution in [3.05, 3.63) is 29.3 Å². The Kier molecular flexibility index (Phi) is 5.01. The van der Waals surface area contributed by atoms with E-state index in [1.807, 2.05) is 6.92 Å². The van der Waals surface area contributed by atoms with Crippen molar-refractivity contribution in [2.45, 2.75) is 39.5 Å². The van der Waals surface area contributed by atoms with Gasteiger partial charge in [-0.3, -0.25) is 14.5 Å². The summed E-state index contributed by atoms with van der Waals surface area (Å²) < 4.78 is 0. The zero-order valence-corrected chi connectivity index (χ0v) is 13.6. The summed E-state index contributed by atoms with van der Waals surface area (Å²) in [5, 5.41) is 0.542. The van der Waals surface area contributed by atoms with Crippen molar-refractivity contribution in [3.63, 3.8) is 0 Å². The van der Waals surface area contributed by atoms with Gasteiger partial charge < -0.3 is 4.79 Å². The van der Waals surface area contributed by atoms with Crippen molar-refractivity contribution in [3.8, 4) is 0 Å². The van der Waals surface area contributed by atoms with E-state index in [1.54, 1.807) is 31.2 Å². The third-order valence-electron chi connectivity index (χ3n) is 4.37. The molecule has 2 amide bonds. The minimum Gasteiger partial charge on any atom is -0.303 e. The fourth-order valence-electron chi connectivity index (χ4n) is 2.88. The highest BCUT2D eigenvalue weighted by Crippen LogP contribution is 2.40. The summed E-state index contributed by atoms with van der Waals surface area (Å²) in [6.45, 7) is 3.81. The second-order valence-corrected chi connectivity index (χ2v) is 6.46. The van der Waals surface area contributed by atoms with E-state index in [4.69, 9.17) is 11.6 Å². The number of amides is 2. The lowest BCUT2D eigenvalue weighted by Crippen LogP contribution is -2.37. The van der Waals surface area contributed by atoms with Gasteiger partial charge in [0.1, 0.15) is 6.29 Å². The number of carbonyl (C=O) groups is 3. The lowest BCUT2D eigenvalue weighted by atomic mass is 9.73. The lowest BCUT2D eigenvalue weighted by molar-refractivity contribution is -0.130. The molecule has 1 heterocycles. The molecule has 0 bridgehead atoms. The SMILES string of the molecule is CCCCC(C)(C=O)C1CC(=O)N(c2ccc(Cl)cc2)C1=O. The molecule has 2 rings (SSSR count). The van der Waals surface area contributed by atoms with E-state index in [0.717, 1.165) is 19.1 Å². The van der Waals surface area contributed by atoms with E-state index in [1.165, 1.54) is 4.90 Å². The third kappa shape index (κ3) is 3.07. The fraction of sp³-hybridized carbons (Fsp3) is 0.471. The highest BCUT2D eigenvalue weighted by atomic mass is 35.5. The van der Waals surface area contributed by atoms with Crippen molar-refractivity contribution in [2.75, 3.05) is 4.90 Å². The Hall–Kier alpha value is -1.68. The zero-order chi connectivity index (χ0) is 16.3. The summed E-state index contributed by atoms with van der Waals surface area (Å²) in [6.07, 6.45) is 3.34. The Morgan fingerprint density at radius 3 is 2.50 bits per heavy atom. The number of anilines is 1. The summed E-state index contributed by atoms with van der Waals surface area (Å²) in [7, 11) is 0. The number of hydrogen-bond acceptors (Lipinski definition) is 3. The van der Waals surface area contributed by atoms with Crippen LogP contribution in [0.3, 0.4) is 0 Å². The van der Waals surface area contributed by atoms with E-state index in [-0.39, 0.29) is 18.2 Å². The minimum absolute atomic E-state index is 0.0837. The Balaban J connectivity index is 2.27. The molecule has 0 N–H and O–H groups in total. The molecule has 1 aromatic rings. The molecule has 1 aliphatic rings. The molecule has 118 valence electrons. The normalized spacial score (nSPS) is 21.0. The van der Waals surface area contributed by atoms with Gasteiger partial charge in [0.15, 0.2) is 0 Å². The largest absolute Gasteiger partial charge is 0.303 e. The summed E-state index contributed by atoms with van der Waals surface area (Å²) in [4.78, 5) is 37.7. The molecule has 0 radical (unpaired) electrons. The van der Waals surface area contributed by atoms with Crippen molar-refractivity contribution < 1.29 is 14.4 Å². The van der Waals surface area contributed by atoms with Crippen LogP contribution in [0, 0.1) is 11.3 Å². The smallest absolute Gasteiger partial charge is 0.238 e. The predicted octanol–water partition coefficient (Wildman–Crippen LogP) is 3.61. The second kappa shape index (κ2) is 6.61. The van der Waals surface area contributed by atoms with Crippen LogP contribution in [0.15, 0.2) is 24.3 Å². The first-order valence-electron chi connectivity index (χ1n) is 7.51. The number of nitrogens with zero attached hydrogens (tertiary/aromatic N) is 1. The summed E-state index contributed by atoms with van der Waals surface area (Å²) in [5.74, 6) is -1.14. The Morgan fingerprint density at radius 1 is 1.32 bits per heavy atom. The van der Waals surface area contributed by atoms with Gasteiger partial charge in [-0.2, -0.15) is 0 Å². The molecule has 5 heteroatoms. The number of aldehydes is 1. The molecular formula is C17H20ClNO3. The monoisotopic (exact) mass is 321 g/mol. The number of rotatable bonds is 6. The van der Waals surface area contributed by atoms with Gasteiger partial charge in [0, 0.05) is 16.9 Å². The van der Waals surface area contributed by atoms with Gasteiger partial charge in [0.05, 0.1) is 11.6 Å². The maximum atomic E-state index is 12.7. The number of imide groups is 1. The van der Waals surface area contributed by atoms with Gasteiger partial charge in [0.2, 0.25) is 11.8 Å². The molecule has 0 saturated carbocycles. The van der Waals surface area contributed by atoms with Crippen molar-refractivity contribution in [1.82, 2.24) is 0 Å². The van der Waals surface area contributed by atoms with Crippen LogP contribution in [0.5, 0.6) is 0 Å². The average Bonchev–Trinajstić information content (AvgIpc) is 2.81. The van der Waals surface area contributed by atoms with Gasteiger partial charge in [-0.1, -0.05) is 38.3 Å². The van der Waals surface area contributed by atoms with Crippen LogP contribution in [0.1, 0.15) is 39.5 Å². The van der Waals surface area contributed by atoms with E-state index in [0.29, 0.717) is 17.1 Å². The predicted molar refractivity (Wildman–Crippen MR) is 85.7 cm³/mol. The van der Waals surface area contributed by atoms with Gasteiger partial charge in [0.25, 0.3) is 0 Å². The first-order chi connectivity index (χ1) is 10.4. The van der Waals surface area contributed by atoms with Gasteiger partial charge in [-0.25, -0.2) is 0 Å². The molecule has 1 saturated heterocycles. The maximum absolute atomic E-state index is 12.7. The fourth-order valence-corrected chi connectivity index (χ4v) is 3.01. The number of unbranched alkanes of at least 4 members (excludes halogenated alkanes) is 1. The van der Waals surface area contributed by atoms with Crippen LogP contribution in [-0.4, -0.2) is 18.1 Å². The Bertz CT molecular complexity index is 584. The van der Waals surface area contributed by atoms with Crippen molar-refractivity contribution in [2.24, 2.45) is 11.3 Å². The third-order valence-corrected chi connectivity index (χ3v) is 4.62. The molecule has 1 fully saturated rings. The molecule has 1 aliphatic heterocycles. The molecule has 22 heavy (non-hydrogen) atoms. The highest BCUT2D eigenvalue weighted by molar-refractivity contribution is 6.30. The van der Waals surface area contributed by atoms with Gasteiger partial charge in [-0.05, 0) is 30.7 Å². The first kappa shape index (κ1) is 16.7. The van der Waals surface area contributed by atoms with Crippen LogP contribution >= 0.6 is 11.6 Å². The van der Waals surface area contributed by atoms with Crippen LogP contribution < -0.4 is 4.90 Å². The number of benzene rings is 1. The number of halogens is 1. The molecule has 2 unspecified atom stereocenters. The van der Waals surface area contributed by atoms with Crippen LogP contribution in [0.2, 0.25) is 5.02 Å². The molecule has 1 aromatic carbocycles. The van der Waals surface area contributed by atoms with Crippen LogP contribution in [0.25, 0.3) is 0 Å². The standard InChI is InChI=1S/C17H20ClNO3/c1-3-4-9-17(2,11-20)14-10-15(21)19(16(14)22)13-7-5-12(18)6-8-13/h5-8,11,14H,3-4,9-10H2,1-2H3. The van der Waals surface area contributed by atoms with E-state index >= 15 is 0 Å². The van der Waals surface area contributed by atoms with Gasteiger partial charge in [-0.15, -0.1) is 0 Å².